The standard InChI is InChI=1S/C23H20F2N3OS/c24-17-7-8-20(25)19(12-17)22-6-2-10-28(22,18-5-3-11-29-14-18)23-27-21(15-30-23)16-4-1-9-26-13-16/h1,3-5,7-9,12-15,22H,2,6,10-11H2/q+1/t22?,28-/m0/s1. The van der Waals surface area contributed by atoms with Gasteiger partial charge in [-0.2, -0.15) is 4.98 Å². The molecule has 1 fully saturated rings. The lowest BCUT2D eigenvalue weighted by Gasteiger charge is -2.38. The molecule has 1 saturated heterocycles. The van der Waals surface area contributed by atoms with E-state index in [2.05, 4.69) is 4.98 Å². The van der Waals surface area contributed by atoms with Crippen molar-refractivity contribution in [1.82, 2.24) is 14.5 Å². The first-order valence-corrected chi connectivity index (χ1v) is 10.7. The van der Waals surface area contributed by atoms with Crippen LogP contribution >= 0.6 is 11.3 Å². The second kappa shape index (κ2) is 7.74. The van der Waals surface area contributed by atoms with Crippen LogP contribution in [-0.2, 0) is 4.74 Å². The molecule has 2 atom stereocenters. The van der Waals surface area contributed by atoms with Crippen LogP contribution in [0.3, 0.4) is 0 Å². The van der Waals surface area contributed by atoms with Gasteiger partial charge >= 0.3 is 0 Å². The molecule has 0 spiro atoms. The Morgan fingerprint density at radius 2 is 2.13 bits per heavy atom. The Kier molecular flexibility index (Phi) is 4.92. The minimum absolute atomic E-state index is 0.286. The summed E-state index contributed by atoms with van der Waals surface area (Å²) in [6.07, 6.45) is 10.8. The highest BCUT2D eigenvalue weighted by Crippen LogP contribution is 2.50. The number of hydrogen-bond donors (Lipinski definition) is 0. The number of aromatic nitrogens is 2. The number of pyridine rings is 1. The zero-order valence-electron chi connectivity index (χ0n) is 16.2. The third-order valence-corrected chi connectivity index (χ3v) is 6.74. The third-order valence-electron chi connectivity index (χ3n) is 5.77. The molecule has 2 aliphatic heterocycles. The van der Waals surface area contributed by atoms with Crippen LogP contribution in [-0.4, -0.2) is 23.1 Å². The monoisotopic (exact) mass is 424 g/mol. The van der Waals surface area contributed by atoms with Gasteiger partial charge < -0.3 is 4.74 Å². The van der Waals surface area contributed by atoms with E-state index in [1.165, 1.54) is 23.5 Å². The first kappa shape index (κ1) is 19.1. The lowest BCUT2D eigenvalue weighted by molar-refractivity contribution is 0.249. The molecule has 5 rings (SSSR count). The Labute approximate surface area is 177 Å². The molecule has 152 valence electrons. The van der Waals surface area contributed by atoms with E-state index in [-0.39, 0.29) is 6.04 Å². The molecule has 1 aromatic carbocycles. The van der Waals surface area contributed by atoms with Crippen LogP contribution in [0.25, 0.3) is 11.3 Å². The highest BCUT2D eigenvalue weighted by atomic mass is 32.1. The van der Waals surface area contributed by atoms with E-state index in [4.69, 9.17) is 9.72 Å². The molecule has 0 amide bonds. The van der Waals surface area contributed by atoms with Crippen LogP contribution in [0.4, 0.5) is 13.9 Å². The predicted molar refractivity (Wildman–Crippen MR) is 114 cm³/mol. The molecule has 1 unspecified atom stereocenters. The smallest absolute Gasteiger partial charge is 0.292 e. The fraction of sp³-hybridized carbons (Fsp3) is 0.217. The van der Waals surface area contributed by atoms with Crippen molar-refractivity contribution in [2.24, 2.45) is 0 Å². The normalized spacial score (nSPS) is 23.3. The van der Waals surface area contributed by atoms with Gasteiger partial charge in [-0.15, -0.1) is 0 Å². The summed E-state index contributed by atoms with van der Waals surface area (Å²) in [5.41, 5.74) is 3.03. The lowest BCUT2D eigenvalue weighted by atomic mass is 10.0. The van der Waals surface area contributed by atoms with Gasteiger partial charge in [0.25, 0.3) is 5.13 Å². The van der Waals surface area contributed by atoms with E-state index in [1.807, 2.05) is 29.7 Å². The SMILES string of the molecule is Fc1ccc(F)c(C2CCC[N@@+]2(C2=COCC=C2)c2nc(-c3cccnc3)cs2)c1. The van der Waals surface area contributed by atoms with E-state index in [0.29, 0.717) is 16.7 Å². The molecule has 0 bridgehead atoms. The second-order valence-electron chi connectivity index (χ2n) is 7.45. The molecule has 4 nitrogen and oxygen atoms in total. The minimum atomic E-state index is -0.434. The Balaban J connectivity index is 1.67. The van der Waals surface area contributed by atoms with Crippen LogP contribution < -0.4 is 4.48 Å². The number of hydrogen-bond acceptors (Lipinski definition) is 4. The highest BCUT2D eigenvalue weighted by Gasteiger charge is 2.51. The quantitative estimate of drug-likeness (QED) is 0.500. The maximum atomic E-state index is 14.8. The summed E-state index contributed by atoms with van der Waals surface area (Å²) in [5, 5.41) is 2.83. The van der Waals surface area contributed by atoms with Crippen LogP contribution in [0.2, 0.25) is 0 Å². The summed E-state index contributed by atoms with van der Waals surface area (Å²) < 4.78 is 34.8. The molecule has 0 saturated carbocycles. The summed E-state index contributed by atoms with van der Waals surface area (Å²) in [5.74, 6) is -0.827. The Bertz CT molecular complexity index is 1130. The van der Waals surface area contributed by atoms with Crippen molar-refractivity contribution in [3.05, 3.63) is 89.4 Å². The molecule has 7 heteroatoms. The molecule has 3 aromatic rings. The maximum absolute atomic E-state index is 14.8. The van der Waals surface area contributed by atoms with Crippen LogP contribution in [0.5, 0.6) is 0 Å². The first-order chi connectivity index (χ1) is 14.7. The van der Waals surface area contributed by atoms with Crippen molar-refractivity contribution in [3.63, 3.8) is 0 Å². The summed E-state index contributed by atoms with van der Waals surface area (Å²) in [4.78, 5) is 9.13. The third kappa shape index (κ3) is 3.14. The van der Waals surface area contributed by atoms with E-state index in [0.717, 1.165) is 47.5 Å². The topological polar surface area (TPSA) is 35.0 Å². The van der Waals surface area contributed by atoms with Crippen molar-refractivity contribution in [1.29, 1.82) is 0 Å². The van der Waals surface area contributed by atoms with E-state index in [1.54, 1.807) is 18.7 Å². The van der Waals surface area contributed by atoms with Gasteiger partial charge in [-0.1, -0.05) is 11.3 Å². The molecule has 4 heterocycles. The number of allylic oxidation sites excluding steroid dienone is 1. The summed E-state index contributed by atoms with van der Waals surface area (Å²) in [6, 6.07) is 7.25. The average Bonchev–Trinajstić information content (AvgIpc) is 3.45. The fourth-order valence-corrected chi connectivity index (χ4v) is 5.51. The molecular formula is C23H20F2N3OS+. The van der Waals surface area contributed by atoms with Gasteiger partial charge in [-0.05, 0) is 36.4 Å². The molecule has 0 aliphatic carbocycles. The molecule has 0 radical (unpaired) electrons. The number of rotatable bonds is 4. The number of quaternary nitrogens is 1. The van der Waals surface area contributed by atoms with Crippen LogP contribution in [0.15, 0.2) is 72.2 Å². The second-order valence-corrected chi connectivity index (χ2v) is 8.29. The van der Waals surface area contributed by atoms with E-state index >= 15 is 0 Å². The minimum Gasteiger partial charge on any atom is -0.491 e. The van der Waals surface area contributed by atoms with Crippen molar-refractivity contribution < 1.29 is 13.5 Å². The first-order valence-electron chi connectivity index (χ1n) is 9.86. The van der Waals surface area contributed by atoms with Crippen LogP contribution in [0, 0.1) is 11.6 Å². The van der Waals surface area contributed by atoms with Gasteiger partial charge in [-0.25, -0.2) is 13.3 Å². The van der Waals surface area contributed by atoms with Crippen molar-refractivity contribution in [3.8, 4) is 11.3 Å². The molecule has 2 aliphatic rings. The molecule has 30 heavy (non-hydrogen) atoms. The lowest BCUT2D eigenvalue weighted by Crippen LogP contribution is -2.47. The molecule has 2 aromatic heterocycles. The van der Waals surface area contributed by atoms with Gasteiger partial charge in [-0.3, -0.25) is 4.98 Å². The van der Waals surface area contributed by atoms with Crippen LogP contribution in [0.1, 0.15) is 24.4 Å². The van der Waals surface area contributed by atoms with E-state index in [9.17, 15) is 8.78 Å². The summed E-state index contributed by atoms with van der Waals surface area (Å²) in [7, 11) is 0. The summed E-state index contributed by atoms with van der Waals surface area (Å²) >= 11 is 1.53. The average molecular weight is 424 g/mol. The van der Waals surface area contributed by atoms with E-state index < -0.39 is 11.6 Å². The largest absolute Gasteiger partial charge is 0.491 e. The van der Waals surface area contributed by atoms with Gasteiger partial charge in [0, 0.05) is 47.8 Å². The van der Waals surface area contributed by atoms with Crippen molar-refractivity contribution in [2.45, 2.75) is 18.9 Å². The Morgan fingerprint density at radius 1 is 1.20 bits per heavy atom. The zero-order valence-corrected chi connectivity index (χ0v) is 17.0. The maximum Gasteiger partial charge on any atom is 0.292 e. The number of halogens is 2. The van der Waals surface area contributed by atoms with Crippen molar-refractivity contribution in [2.75, 3.05) is 13.2 Å². The predicted octanol–water partition coefficient (Wildman–Crippen LogP) is 5.75. The van der Waals surface area contributed by atoms with Gasteiger partial charge in [0.15, 0.2) is 5.70 Å². The fourth-order valence-electron chi connectivity index (χ4n) is 4.44. The Morgan fingerprint density at radius 3 is 2.93 bits per heavy atom. The summed E-state index contributed by atoms with van der Waals surface area (Å²) in [6.45, 7) is 1.24. The van der Waals surface area contributed by atoms with Gasteiger partial charge in [0.05, 0.1) is 12.2 Å². The number of nitrogens with zero attached hydrogens (tertiary/aromatic N) is 3. The van der Waals surface area contributed by atoms with Crippen molar-refractivity contribution >= 4 is 16.5 Å². The molecule has 0 N–H and O–H groups in total. The number of benzene rings is 1. The Hall–Kier alpha value is -2.90. The van der Waals surface area contributed by atoms with Gasteiger partial charge in [0.2, 0.25) is 0 Å². The highest BCUT2D eigenvalue weighted by molar-refractivity contribution is 7.13. The van der Waals surface area contributed by atoms with Gasteiger partial charge in [0.1, 0.15) is 30.5 Å². The zero-order chi connectivity index (χ0) is 20.6. The number of likely N-dealkylation sites (tertiary alicyclic amines) is 1. The number of ether oxygens (including phenoxy) is 1. The molecular weight excluding hydrogens is 404 g/mol. The number of thiazole rings is 1.